The molecule has 5 heteroatoms. The maximum atomic E-state index is 12.6. The summed E-state index contributed by atoms with van der Waals surface area (Å²) in [6.45, 7) is 0. The molecular weight excluding hydrogens is 306 g/mol. The first-order valence-corrected chi connectivity index (χ1v) is 8.17. The quantitative estimate of drug-likeness (QED) is 0.568. The topological polar surface area (TPSA) is 46.9 Å². The van der Waals surface area contributed by atoms with Crippen molar-refractivity contribution in [2.75, 3.05) is 5.32 Å². The number of fused-ring (bicyclic) bond motifs is 2. The molecule has 0 saturated heterocycles. The lowest BCUT2D eigenvalue weighted by molar-refractivity contribution is 0.102. The van der Waals surface area contributed by atoms with Gasteiger partial charge in [-0.3, -0.25) is 9.36 Å². The van der Waals surface area contributed by atoms with Crippen molar-refractivity contribution in [1.29, 1.82) is 0 Å². The number of amides is 1. The molecule has 1 amide bonds. The lowest BCUT2D eigenvalue weighted by Gasteiger charge is -2.10. The van der Waals surface area contributed by atoms with Crippen molar-refractivity contribution in [3.05, 3.63) is 65.5 Å². The Morgan fingerprint density at radius 3 is 2.78 bits per heavy atom. The van der Waals surface area contributed by atoms with Gasteiger partial charge in [-0.15, -0.1) is 11.3 Å². The zero-order valence-electron chi connectivity index (χ0n) is 12.0. The molecule has 2 aromatic heterocycles. The van der Waals surface area contributed by atoms with E-state index < -0.39 is 0 Å². The zero-order valence-corrected chi connectivity index (χ0v) is 12.8. The summed E-state index contributed by atoms with van der Waals surface area (Å²) in [6, 6.07) is 17.6. The van der Waals surface area contributed by atoms with Crippen LogP contribution in [-0.2, 0) is 0 Å². The van der Waals surface area contributed by atoms with Crippen LogP contribution in [0, 0.1) is 0 Å². The Labute approximate surface area is 136 Å². The second-order valence-electron chi connectivity index (χ2n) is 5.39. The van der Waals surface area contributed by atoms with Crippen LogP contribution >= 0.6 is 11.3 Å². The number of hydrogen-bond donors (Lipinski definition) is 1. The highest BCUT2D eigenvalue weighted by atomic mass is 32.1. The van der Waals surface area contributed by atoms with E-state index in [9.17, 15) is 4.79 Å². The molecule has 0 aliphatic carbocycles. The van der Waals surface area contributed by atoms with Crippen molar-refractivity contribution in [1.82, 2.24) is 9.55 Å². The summed E-state index contributed by atoms with van der Waals surface area (Å²) in [5, 5.41) is 5.04. The zero-order chi connectivity index (χ0) is 15.4. The second kappa shape index (κ2) is 4.54. The predicted octanol–water partition coefficient (Wildman–Crippen LogP) is 4.32. The third kappa shape index (κ3) is 1.71. The summed E-state index contributed by atoms with van der Waals surface area (Å²) in [6.07, 6.45) is 0. The van der Waals surface area contributed by atoms with Gasteiger partial charge in [0.1, 0.15) is 0 Å². The molecule has 2 aromatic carbocycles. The van der Waals surface area contributed by atoms with E-state index in [1.165, 1.54) is 0 Å². The number of imidazole rings is 1. The Hall–Kier alpha value is -2.92. The van der Waals surface area contributed by atoms with Gasteiger partial charge in [0, 0.05) is 0 Å². The number of thiophene rings is 1. The number of carbonyl (C=O) groups is 1. The van der Waals surface area contributed by atoms with E-state index in [-0.39, 0.29) is 5.91 Å². The predicted molar refractivity (Wildman–Crippen MR) is 92.3 cm³/mol. The Morgan fingerprint density at radius 2 is 1.91 bits per heavy atom. The van der Waals surface area contributed by atoms with Crippen molar-refractivity contribution in [3.8, 4) is 16.4 Å². The normalized spacial score (nSPS) is 12.8. The molecule has 4 nitrogen and oxygen atoms in total. The van der Waals surface area contributed by atoms with Crippen LogP contribution in [0.5, 0.6) is 0 Å². The number of hydrogen-bond acceptors (Lipinski definition) is 3. The van der Waals surface area contributed by atoms with E-state index in [0.717, 1.165) is 33.1 Å². The highest BCUT2D eigenvalue weighted by Crippen LogP contribution is 2.37. The molecule has 1 N–H and O–H groups in total. The van der Waals surface area contributed by atoms with E-state index >= 15 is 0 Å². The summed E-state index contributed by atoms with van der Waals surface area (Å²) in [7, 11) is 0. The van der Waals surface area contributed by atoms with Crippen LogP contribution in [0.3, 0.4) is 0 Å². The summed E-state index contributed by atoms with van der Waals surface area (Å²) in [5.41, 5.74) is 4.08. The first-order chi connectivity index (χ1) is 11.3. The smallest absolute Gasteiger partial charge is 0.257 e. The lowest BCUT2D eigenvalue weighted by atomic mass is 10.1. The third-order valence-electron chi connectivity index (χ3n) is 4.06. The molecular formula is C18H11N3OS. The van der Waals surface area contributed by atoms with E-state index in [1.807, 2.05) is 53.9 Å². The van der Waals surface area contributed by atoms with Crippen LogP contribution in [0.15, 0.2) is 60.0 Å². The number of benzene rings is 2. The van der Waals surface area contributed by atoms with Crippen LogP contribution in [0.2, 0.25) is 0 Å². The minimum Gasteiger partial charge on any atom is -0.320 e. The van der Waals surface area contributed by atoms with Gasteiger partial charge in [-0.2, -0.15) is 0 Å². The van der Waals surface area contributed by atoms with Crippen molar-refractivity contribution < 1.29 is 4.79 Å². The molecule has 0 fully saturated rings. The number of carbonyl (C=O) groups excluding carboxylic acids is 1. The Bertz CT molecular complexity index is 1060. The molecule has 3 heterocycles. The van der Waals surface area contributed by atoms with E-state index in [1.54, 1.807) is 11.3 Å². The Balaban J connectivity index is 2.00. The van der Waals surface area contributed by atoms with Gasteiger partial charge in [0.05, 0.1) is 32.8 Å². The van der Waals surface area contributed by atoms with Crippen LogP contribution < -0.4 is 5.32 Å². The highest BCUT2D eigenvalue weighted by Gasteiger charge is 2.25. The maximum Gasteiger partial charge on any atom is 0.257 e. The average molecular weight is 317 g/mol. The molecule has 5 rings (SSSR count). The molecule has 0 atom stereocenters. The van der Waals surface area contributed by atoms with Gasteiger partial charge in [0.2, 0.25) is 0 Å². The molecule has 4 aromatic rings. The number of rotatable bonds is 1. The van der Waals surface area contributed by atoms with Gasteiger partial charge < -0.3 is 5.32 Å². The van der Waals surface area contributed by atoms with Crippen molar-refractivity contribution in [2.24, 2.45) is 0 Å². The highest BCUT2D eigenvalue weighted by molar-refractivity contribution is 7.13. The number of nitrogens with zero attached hydrogens (tertiary/aromatic N) is 2. The first kappa shape index (κ1) is 12.6. The number of aromatic nitrogens is 2. The minimum absolute atomic E-state index is 0.0978. The molecule has 0 spiro atoms. The average Bonchev–Trinajstić information content (AvgIpc) is 3.19. The molecule has 0 radical (unpaired) electrons. The fourth-order valence-corrected chi connectivity index (χ4v) is 3.78. The molecule has 1 aliphatic heterocycles. The van der Waals surface area contributed by atoms with Gasteiger partial charge >= 0.3 is 0 Å². The van der Waals surface area contributed by atoms with Crippen LogP contribution in [-0.4, -0.2) is 15.5 Å². The molecule has 23 heavy (non-hydrogen) atoms. The van der Waals surface area contributed by atoms with Crippen LogP contribution in [0.1, 0.15) is 10.4 Å². The monoisotopic (exact) mass is 317 g/mol. The van der Waals surface area contributed by atoms with Crippen molar-refractivity contribution >= 4 is 34.0 Å². The summed E-state index contributed by atoms with van der Waals surface area (Å²) < 4.78 is 2.09. The number of anilines is 1. The molecule has 0 unspecified atom stereocenters. The fourth-order valence-electron chi connectivity index (χ4n) is 3.08. The number of nitrogens with one attached hydrogen (secondary N) is 1. The van der Waals surface area contributed by atoms with E-state index in [0.29, 0.717) is 5.56 Å². The molecule has 110 valence electrons. The standard InChI is InChI=1S/C18H11N3OS/c22-18-11-5-3-7-13-16(11)21(14-8-2-1-6-12(14)20-18)17(19-13)15-9-4-10-23-15/h1-10H,(H,20,22). The summed E-state index contributed by atoms with van der Waals surface area (Å²) in [4.78, 5) is 18.5. The second-order valence-corrected chi connectivity index (χ2v) is 6.34. The molecule has 0 saturated carbocycles. The summed E-state index contributed by atoms with van der Waals surface area (Å²) >= 11 is 1.64. The van der Waals surface area contributed by atoms with Gasteiger partial charge in [-0.05, 0) is 35.7 Å². The Morgan fingerprint density at radius 1 is 1.00 bits per heavy atom. The van der Waals surface area contributed by atoms with Crippen molar-refractivity contribution in [3.63, 3.8) is 0 Å². The van der Waals surface area contributed by atoms with Crippen LogP contribution in [0.25, 0.3) is 27.4 Å². The maximum absolute atomic E-state index is 12.6. The van der Waals surface area contributed by atoms with Gasteiger partial charge in [-0.1, -0.05) is 24.3 Å². The minimum atomic E-state index is -0.0978. The largest absolute Gasteiger partial charge is 0.320 e. The lowest BCUT2D eigenvalue weighted by Crippen LogP contribution is -2.10. The van der Waals surface area contributed by atoms with Gasteiger partial charge in [0.15, 0.2) is 5.82 Å². The van der Waals surface area contributed by atoms with Gasteiger partial charge in [-0.25, -0.2) is 4.98 Å². The third-order valence-corrected chi connectivity index (χ3v) is 4.92. The molecule has 0 bridgehead atoms. The SMILES string of the molecule is O=C1Nc2ccccc2-n2c(-c3cccs3)nc3cccc1c32. The Kier molecular flexibility index (Phi) is 2.49. The molecule has 1 aliphatic rings. The first-order valence-electron chi connectivity index (χ1n) is 7.29. The fraction of sp³-hybridized carbons (Fsp3) is 0. The van der Waals surface area contributed by atoms with Crippen molar-refractivity contribution in [2.45, 2.75) is 0 Å². The summed E-state index contributed by atoms with van der Waals surface area (Å²) in [5.74, 6) is 0.769. The van der Waals surface area contributed by atoms with E-state index in [2.05, 4.69) is 16.0 Å². The van der Waals surface area contributed by atoms with Gasteiger partial charge in [0.25, 0.3) is 5.91 Å². The van der Waals surface area contributed by atoms with E-state index in [4.69, 9.17) is 4.98 Å². The number of para-hydroxylation sites is 3. The van der Waals surface area contributed by atoms with Crippen LogP contribution in [0.4, 0.5) is 5.69 Å².